The van der Waals surface area contributed by atoms with E-state index in [9.17, 15) is 0 Å². The molecule has 0 spiro atoms. The minimum Gasteiger partial charge on any atom is -0.380 e. The van der Waals surface area contributed by atoms with Gasteiger partial charge in [-0.2, -0.15) is 10.2 Å². The second kappa shape index (κ2) is 8.82. The van der Waals surface area contributed by atoms with Crippen LogP contribution in [0.1, 0.15) is 55.4 Å². The summed E-state index contributed by atoms with van der Waals surface area (Å²) in [6, 6.07) is 9.75. The lowest BCUT2D eigenvalue weighted by Crippen LogP contribution is -2.51. The summed E-state index contributed by atoms with van der Waals surface area (Å²) < 4.78 is 7.32. The number of hydrogen-bond acceptors (Lipinski definition) is 5. The van der Waals surface area contributed by atoms with Crippen LogP contribution < -0.4 is 0 Å². The number of hydrogen-bond donors (Lipinski definition) is 1. The second-order valence-corrected chi connectivity index (χ2v) is 11.6. The fourth-order valence-electron chi connectivity index (χ4n) is 6.12. The molecule has 6 rings (SSSR count). The topological polar surface area (TPSA) is 71.3 Å². The first-order valence-corrected chi connectivity index (χ1v) is 13.1. The van der Waals surface area contributed by atoms with Gasteiger partial charge in [0.15, 0.2) is 5.65 Å². The average molecular weight is 485 g/mol. The third kappa shape index (κ3) is 4.04. The predicted molar refractivity (Wildman–Crippen MR) is 142 cm³/mol. The van der Waals surface area contributed by atoms with E-state index in [1.807, 2.05) is 10.7 Å². The number of fused-ring (bicyclic) bond motifs is 2. The molecular formula is C29H36N6O. The summed E-state index contributed by atoms with van der Waals surface area (Å²) >= 11 is 0. The highest BCUT2D eigenvalue weighted by atomic mass is 16.5. The Morgan fingerprint density at radius 3 is 2.78 bits per heavy atom. The van der Waals surface area contributed by atoms with Crippen LogP contribution in [0.3, 0.4) is 0 Å². The molecule has 1 atom stereocenters. The van der Waals surface area contributed by atoms with E-state index in [2.05, 4.69) is 79.1 Å². The Bertz CT molecular complexity index is 1410. The van der Waals surface area contributed by atoms with E-state index in [1.165, 1.54) is 28.7 Å². The average Bonchev–Trinajstić information content (AvgIpc) is 3.50. The van der Waals surface area contributed by atoms with Crippen molar-refractivity contribution in [1.29, 1.82) is 0 Å². The van der Waals surface area contributed by atoms with Gasteiger partial charge in [0, 0.05) is 40.9 Å². The second-order valence-electron chi connectivity index (χ2n) is 11.6. The van der Waals surface area contributed by atoms with Gasteiger partial charge in [-0.25, -0.2) is 9.50 Å². The van der Waals surface area contributed by atoms with Crippen LogP contribution in [0.2, 0.25) is 0 Å². The summed E-state index contributed by atoms with van der Waals surface area (Å²) in [5.41, 5.74) is 10.9. The number of nitrogens with zero attached hydrogens (tertiary/aromatic N) is 5. The molecule has 1 aliphatic heterocycles. The van der Waals surface area contributed by atoms with Crippen molar-refractivity contribution >= 4 is 5.65 Å². The van der Waals surface area contributed by atoms with Crippen molar-refractivity contribution in [3.63, 3.8) is 0 Å². The first-order valence-electron chi connectivity index (χ1n) is 13.1. The number of nitrogens with one attached hydrogen (secondary N) is 1. The number of H-pyrrole nitrogens is 1. The van der Waals surface area contributed by atoms with Crippen molar-refractivity contribution in [2.24, 2.45) is 5.41 Å². The van der Waals surface area contributed by atoms with Crippen molar-refractivity contribution in [1.82, 2.24) is 29.7 Å². The summed E-state index contributed by atoms with van der Waals surface area (Å²) in [7, 11) is 2.28. The largest absolute Gasteiger partial charge is 0.380 e. The van der Waals surface area contributed by atoms with Crippen LogP contribution in [0.25, 0.3) is 28.2 Å². The first-order chi connectivity index (χ1) is 17.3. The third-order valence-electron chi connectivity index (χ3n) is 8.07. The molecule has 0 saturated carbocycles. The zero-order chi connectivity index (χ0) is 25.0. The van der Waals surface area contributed by atoms with Gasteiger partial charge in [-0.15, -0.1) is 0 Å². The summed E-state index contributed by atoms with van der Waals surface area (Å²) in [4.78, 5) is 6.92. The van der Waals surface area contributed by atoms with Crippen LogP contribution in [0.4, 0.5) is 0 Å². The van der Waals surface area contributed by atoms with Gasteiger partial charge >= 0.3 is 0 Å². The van der Waals surface area contributed by atoms with Crippen molar-refractivity contribution in [2.75, 3.05) is 26.8 Å². The molecule has 1 aliphatic carbocycles. The number of aromatic nitrogens is 5. The van der Waals surface area contributed by atoms with Crippen molar-refractivity contribution in [2.45, 2.75) is 58.9 Å². The van der Waals surface area contributed by atoms with Crippen LogP contribution in [0.5, 0.6) is 0 Å². The molecule has 1 N–H and O–H groups in total. The lowest BCUT2D eigenvalue weighted by molar-refractivity contribution is -0.116. The molecule has 4 heterocycles. The molecule has 188 valence electrons. The molecule has 0 bridgehead atoms. The van der Waals surface area contributed by atoms with Crippen molar-refractivity contribution in [3.05, 3.63) is 59.0 Å². The fourth-order valence-corrected chi connectivity index (χ4v) is 6.12. The van der Waals surface area contributed by atoms with E-state index in [4.69, 9.17) is 9.84 Å². The Morgan fingerprint density at radius 1 is 1.19 bits per heavy atom. The minimum atomic E-state index is 0.320. The number of aromatic amines is 1. The Labute approximate surface area is 212 Å². The maximum absolute atomic E-state index is 5.47. The van der Waals surface area contributed by atoms with Crippen LogP contribution >= 0.6 is 0 Å². The normalized spacial score (nSPS) is 19.1. The number of rotatable bonds is 6. The molecular weight excluding hydrogens is 448 g/mol. The Morgan fingerprint density at radius 2 is 2.03 bits per heavy atom. The molecule has 1 unspecified atom stereocenters. The molecule has 1 saturated heterocycles. The van der Waals surface area contributed by atoms with Crippen LogP contribution in [-0.2, 0) is 17.6 Å². The standard InChI is InChI=1S/C29H36N6O/c1-18(2)25-26(32-33-27(25)23-10-19(3)28-30-17-31-35(28)13-23)22-7-6-21-12-24(9-8-20(21)11-22)34(5)14-29(4)15-36-16-29/h6-7,10-11,13,17-18,24H,8-9,12,14-16H2,1-5H3,(H,32,33). The third-order valence-corrected chi connectivity index (χ3v) is 8.07. The van der Waals surface area contributed by atoms with Crippen LogP contribution in [-0.4, -0.2) is 62.5 Å². The monoisotopic (exact) mass is 484 g/mol. The SMILES string of the molecule is Cc1cc(-c2[nH]nc(-c3ccc4c(c3)CCC(N(C)CC3(C)COC3)C4)c2C(C)C)cn2ncnc12. The Hall–Kier alpha value is -3.03. The zero-order valence-corrected chi connectivity index (χ0v) is 22.0. The number of likely N-dealkylation sites (N-methyl/N-ethyl adjacent to an activating group) is 1. The first kappa shape index (κ1) is 23.4. The molecule has 0 amide bonds. The lowest BCUT2D eigenvalue weighted by Gasteiger charge is -2.43. The predicted octanol–water partition coefficient (Wildman–Crippen LogP) is 5.04. The van der Waals surface area contributed by atoms with E-state index in [-0.39, 0.29) is 0 Å². The molecule has 2 aliphatic rings. The van der Waals surface area contributed by atoms with Gasteiger partial charge in [0.1, 0.15) is 6.33 Å². The summed E-state index contributed by atoms with van der Waals surface area (Å²) in [5, 5.41) is 12.6. The molecule has 7 nitrogen and oxygen atoms in total. The maximum Gasteiger partial charge on any atom is 0.158 e. The highest BCUT2D eigenvalue weighted by Gasteiger charge is 2.36. The van der Waals surface area contributed by atoms with Gasteiger partial charge in [0.05, 0.1) is 24.6 Å². The Kier molecular flexibility index (Phi) is 5.73. The van der Waals surface area contributed by atoms with Crippen LogP contribution in [0, 0.1) is 12.3 Å². The summed E-state index contributed by atoms with van der Waals surface area (Å²) in [6.45, 7) is 11.8. The van der Waals surface area contributed by atoms with Gasteiger partial charge in [0.2, 0.25) is 0 Å². The smallest absolute Gasteiger partial charge is 0.158 e. The summed E-state index contributed by atoms with van der Waals surface area (Å²) in [6.07, 6.45) is 7.07. The molecule has 1 aromatic carbocycles. The molecule has 3 aromatic heterocycles. The molecule has 0 radical (unpaired) electrons. The molecule has 7 heteroatoms. The van der Waals surface area contributed by atoms with Gasteiger partial charge in [-0.1, -0.05) is 32.9 Å². The number of pyridine rings is 1. The highest BCUT2D eigenvalue weighted by Crippen LogP contribution is 2.38. The summed E-state index contributed by atoms with van der Waals surface area (Å²) in [5.74, 6) is 0.325. The zero-order valence-electron chi connectivity index (χ0n) is 22.0. The van der Waals surface area contributed by atoms with E-state index in [1.54, 1.807) is 6.33 Å². The van der Waals surface area contributed by atoms with E-state index < -0.39 is 0 Å². The van der Waals surface area contributed by atoms with Crippen molar-refractivity contribution in [3.8, 4) is 22.5 Å². The van der Waals surface area contributed by atoms with Crippen LogP contribution in [0.15, 0.2) is 36.8 Å². The van der Waals surface area contributed by atoms with Gasteiger partial charge in [0.25, 0.3) is 0 Å². The number of benzene rings is 1. The lowest BCUT2D eigenvalue weighted by atomic mass is 9.83. The molecule has 4 aromatic rings. The van der Waals surface area contributed by atoms with Gasteiger partial charge in [-0.3, -0.25) is 5.10 Å². The van der Waals surface area contributed by atoms with E-state index in [0.717, 1.165) is 60.8 Å². The fraction of sp³-hybridized carbons (Fsp3) is 0.483. The number of ether oxygens (including phenoxy) is 1. The quantitative estimate of drug-likeness (QED) is 0.415. The van der Waals surface area contributed by atoms with Crippen molar-refractivity contribution < 1.29 is 4.74 Å². The maximum atomic E-state index is 5.47. The molecule has 1 fully saturated rings. The highest BCUT2D eigenvalue weighted by molar-refractivity contribution is 5.76. The van der Waals surface area contributed by atoms with Gasteiger partial charge in [-0.05, 0) is 68.0 Å². The van der Waals surface area contributed by atoms with Gasteiger partial charge < -0.3 is 9.64 Å². The number of aryl methyl sites for hydroxylation is 2. The Balaban J connectivity index is 1.29. The minimum absolute atomic E-state index is 0.320. The molecule has 36 heavy (non-hydrogen) atoms. The van der Waals surface area contributed by atoms with E-state index >= 15 is 0 Å². The van der Waals surface area contributed by atoms with E-state index in [0.29, 0.717) is 17.4 Å².